The number of aryl methyl sites for hydroxylation is 2. The first kappa shape index (κ1) is 20.1. The molecule has 1 amide bonds. The summed E-state index contributed by atoms with van der Waals surface area (Å²) < 4.78 is 1.66. The molecule has 0 fully saturated rings. The van der Waals surface area contributed by atoms with Crippen LogP contribution in [0.4, 0.5) is 0 Å². The monoisotopic (exact) mass is 405 g/mol. The van der Waals surface area contributed by atoms with Gasteiger partial charge in [0.05, 0.1) is 11.1 Å². The number of thiophene rings is 1. The van der Waals surface area contributed by atoms with Gasteiger partial charge in [-0.15, -0.1) is 17.9 Å². The molecule has 0 aliphatic heterocycles. The van der Waals surface area contributed by atoms with Gasteiger partial charge in [-0.2, -0.15) is 0 Å². The van der Waals surface area contributed by atoms with Gasteiger partial charge >= 0.3 is 0 Å². The lowest BCUT2D eigenvalue weighted by atomic mass is 10.1. The lowest BCUT2D eigenvalue weighted by molar-refractivity contribution is -0.118. The standard InChI is InChI=1S/C20H27N3O2S2/c1-3-5-11-21-16(24)13-26-20-22-18-17(19(25)23(20)12-4-2)14-9-7-6-8-10-15(14)27-18/h4H,2-3,5-13H2,1H3,(H,21,24). The predicted octanol–water partition coefficient (Wildman–Crippen LogP) is 3.92. The Morgan fingerprint density at radius 1 is 1.37 bits per heavy atom. The fourth-order valence-electron chi connectivity index (χ4n) is 3.38. The smallest absolute Gasteiger partial charge is 0.263 e. The summed E-state index contributed by atoms with van der Waals surface area (Å²) in [5.41, 5.74) is 1.21. The van der Waals surface area contributed by atoms with E-state index >= 15 is 0 Å². The minimum Gasteiger partial charge on any atom is -0.355 e. The van der Waals surface area contributed by atoms with E-state index in [4.69, 9.17) is 4.98 Å². The normalized spacial score (nSPS) is 14.0. The lowest BCUT2D eigenvalue weighted by Crippen LogP contribution is -2.27. The van der Waals surface area contributed by atoms with Gasteiger partial charge in [0, 0.05) is 18.0 Å². The van der Waals surface area contributed by atoms with Gasteiger partial charge < -0.3 is 5.32 Å². The molecule has 146 valence electrons. The number of hydrogen-bond acceptors (Lipinski definition) is 5. The average molecular weight is 406 g/mol. The molecule has 5 nitrogen and oxygen atoms in total. The summed E-state index contributed by atoms with van der Waals surface area (Å²) in [5.74, 6) is 0.249. The number of carbonyl (C=O) groups is 1. The number of thioether (sulfide) groups is 1. The van der Waals surface area contributed by atoms with Crippen molar-refractivity contribution in [2.75, 3.05) is 12.3 Å². The van der Waals surface area contributed by atoms with Crippen LogP contribution in [0, 0.1) is 0 Å². The molecule has 0 unspecified atom stereocenters. The van der Waals surface area contributed by atoms with Gasteiger partial charge in [0.25, 0.3) is 5.56 Å². The highest BCUT2D eigenvalue weighted by atomic mass is 32.2. The van der Waals surface area contributed by atoms with Crippen LogP contribution in [0.1, 0.15) is 49.5 Å². The first-order valence-corrected chi connectivity index (χ1v) is 11.5. The van der Waals surface area contributed by atoms with Crippen LogP contribution in [-0.2, 0) is 24.2 Å². The molecule has 2 heterocycles. The molecule has 0 bridgehead atoms. The molecular weight excluding hydrogens is 378 g/mol. The molecule has 0 spiro atoms. The van der Waals surface area contributed by atoms with Gasteiger partial charge in [0.15, 0.2) is 5.16 Å². The Hall–Kier alpha value is -1.60. The highest BCUT2D eigenvalue weighted by Crippen LogP contribution is 2.34. The van der Waals surface area contributed by atoms with Crippen LogP contribution in [0.25, 0.3) is 10.2 Å². The zero-order valence-electron chi connectivity index (χ0n) is 15.9. The van der Waals surface area contributed by atoms with E-state index in [1.54, 1.807) is 22.0 Å². The van der Waals surface area contributed by atoms with Gasteiger partial charge in [-0.25, -0.2) is 4.98 Å². The highest BCUT2D eigenvalue weighted by molar-refractivity contribution is 7.99. The van der Waals surface area contributed by atoms with E-state index < -0.39 is 0 Å². The molecule has 0 aromatic carbocycles. The number of fused-ring (bicyclic) bond motifs is 3. The molecule has 0 saturated heterocycles. The van der Waals surface area contributed by atoms with Gasteiger partial charge in [-0.05, 0) is 37.7 Å². The molecule has 0 radical (unpaired) electrons. The molecule has 1 N–H and O–H groups in total. The molecule has 0 atom stereocenters. The zero-order valence-corrected chi connectivity index (χ0v) is 17.5. The van der Waals surface area contributed by atoms with Crippen LogP contribution in [-0.4, -0.2) is 27.8 Å². The maximum absolute atomic E-state index is 13.2. The third-order valence-electron chi connectivity index (χ3n) is 4.79. The van der Waals surface area contributed by atoms with Crippen molar-refractivity contribution in [2.45, 2.75) is 63.6 Å². The van der Waals surface area contributed by atoms with Crippen LogP contribution >= 0.6 is 23.1 Å². The quantitative estimate of drug-likeness (QED) is 0.238. The van der Waals surface area contributed by atoms with E-state index in [0.717, 1.165) is 42.3 Å². The maximum Gasteiger partial charge on any atom is 0.263 e. The van der Waals surface area contributed by atoms with Crippen LogP contribution in [0.15, 0.2) is 22.6 Å². The molecular formula is C20H27N3O2S2. The minimum absolute atomic E-state index is 0.00758. The zero-order chi connectivity index (χ0) is 19.2. The fraction of sp³-hybridized carbons (Fsp3) is 0.550. The third kappa shape index (κ3) is 4.63. The number of nitrogens with one attached hydrogen (secondary N) is 1. The second kappa shape index (κ2) is 9.55. The second-order valence-corrected chi connectivity index (χ2v) is 8.86. The summed E-state index contributed by atoms with van der Waals surface area (Å²) >= 11 is 2.99. The van der Waals surface area contributed by atoms with Crippen molar-refractivity contribution in [3.8, 4) is 0 Å². The van der Waals surface area contributed by atoms with E-state index in [1.807, 2.05) is 0 Å². The SMILES string of the molecule is C=CCn1c(SCC(=O)NCCCC)nc2sc3c(c2c1=O)CCCCC3. The summed E-state index contributed by atoms with van der Waals surface area (Å²) in [4.78, 5) is 32.2. The Morgan fingerprint density at radius 2 is 2.19 bits per heavy atom. The van der Waals surface area contributed by atoms with Gasteiger partial charge in [0.2, 0.25) is 5.91 Å². The van der Waals surface area contributed by atoms with Crippen molar-refractivity contribution < 1.29 is 4.79 Å². The Morgan fingerprint density at radius 3 is 2.96 bits per heavy atom. The number of aromatic nitrogens is 2. The van der Waals surface area contributed by atoms with Crippen molar-refractivity contribution in [2.24, 2.45) is 0 Å². The molecule has 0 saturated carbocycles. The van der Waals surface area contributed by atoms with E-state index in [0.29, 0.717) is 18.2 Å². The molecule has 7 heteroatoms. The van der Waals surface area contributed by atoms with Crippen molar-refractivity contribution in [3.63, 3.8) is 0 Å². The Kier molecular flexibility index (Phi) is 7.13. The Balaban J connectivity index is 1.90. The minimum atomic E-state index is -0.0186. The van der Waals surface area contributed by atoms with E-state index in [2.05, 4.69) is 18.8 Å². The van der Waals surface area contributed by atoms with Gasteiger partial charge in [0.1, 0.15) is 4.83 Å². The summed E-state index contributed by atoms with van der Waals surface area (Å²) in [6.07, 6.45) is 9.28. The highest BCUT2D eigenvalue weighted by Gasteiger charge is 2.21. The number of unbranched alkanes of at least 4 members (excludes halogenated alkanes) is 1. The van der Waals surface area contributed by atoms with Gasteiger partial charge in [-0.1, -0.05) is 37.6 Å². The van der Waals surface area contributed by atoms with Crippen LogP contribution in [0.3, 0.4) is 0 Å². The Bertz CT molecular complexity index is 885. The van der Waals surface area contributed by atoms with E-state index in [9.17, 15) is 9.59 Å². The number of nitrogens with zero attached hydrogens (tertiary/aromatic N) is 2. The fourth-order valence-corrected chi connectivity index (χ4v) is 5.52. The average Bonchev–Trinajstić information content (AvgIpc) is 2.84. The Labute approximate surface area is 168 Å². The third-order valence-corrected chi connectivity index (χ3v) is 6.95. The summed E-state index contributed by atoms with van der Waals surface area (Å²) in [6.45, 7) is 6.98. The topological polar surface area (TPSA) is 64.0 Å². The molecule has 3 rings (SSSR count). The maximum atomic E-state index is 13.2. The summed E-state index contributed by atoms with van der Waals surface area (Å²) in [7, 11) is 0. The number of allylic oxidation sites excluding steroid dienone is 1. The first-order chi connectivity index (χ1) is 13.2. The molecule has 27 heavy (non-hydrogen) atoms. The summed E-state index contributed by atoms with van der Waals surface area (Å²) in [6, 6.07) is 0. The molecule has 1 aliphatic rings. The van der Waals surface area contributed by atoms with Crippen LogP contribution < -0.4 is 10.9 Å². The van der Waals surface area contributed by atoms with E-state index in [1.165, 1.54) is 35.0 Å². The van der Waals surface area contributed by atoms with Crippen LogP contribution in [0.2, 0.25) is 0 Å². The van der Waals surface area contributed by atoms with Crippen molar-refractivity contribution in [1.82, 2.24) is 14.9 Å². The van der Waals surface area contributed by atoms with Crippen molar-refractivity contribution in [3.05, 3.63) is 33.4 Å². The molecule has 2 aromatic heterocycles. The summed E-state index contributed by atoms with van der Waals surface area (Å²) in [5, 5.41) is 4.30. The molecule has 2 aromatic rings. The largest absolute Gasteiger partial charge is 0.355 e. The first-order valence-electron chi connectivity index (χ1n) is 9.71. The van der Waals surface area contributed by atoms with Crippen molar-refractivity contribution >= 4 is 39.2 Å². The van der Waals surface area contributed by atoms with Gasteiger partial charge in [-0.3, -0.25) is 14.2 Å². The lowest BCUT2D eigenvalue weighted by Gasteiger charge is -2.11. The number of hydrogen-bond donors (Lipinski definition) is 1. The van der Waals surface area contributed by atoms with Crippen LogP contribution in [0.5, 0.6) is 0 Å². The number of amides is 1. The van der Waals surface area contributed by atoms with E-state index in [-0.39, 0.29) is 17.2 Å². The number of rotatable bonds is 8. The van der Waals surface area contributed by atoms with Crippen molar-refractivity contribution in [1.29, 1.82) is 0 Å². The second-order valence-electron chi connectivity index (χ2n) is 6.84. The predicted molar refractivity (Wildman–Crippen MR) is 114 cm³/mol. The molecule has 1 aliphatic carbocycles. The number of carbonyl (C=O) groups excluding carboxylic acids is 1.